The van der Waals surface area contributed by atoms with Crippen molar-refractivity contribution in [2.45, 2.75) is 91.1 Å². The van der Waals surface area contributed by atoms with E-state index < -0.39 is 0 Å². The van der Waals surface area contributed by atoms with Crippen LogP contribution in [0.4, 0.5) is 0 Å². The van der Waals surface area contributed by atoms with Crippen LogP contribution in [0, 0.1) is 23.7 Å². The molecule has 0 N–H and O–H groups in total. The van der Waals surface area contributed by atoms with E-state index in [9.17, 15) is 4.79 Å². The second-order valence-corrected chi connectivity index (χ2v) is 9.95. The van der Waals surface area contributed by atoms with E-state index in [1.807, 2.05) is 0 Å². The molecule has 150 valence electrons. The molecule has 3 heteroatoms. The first-order valence-electron chi connectivity index (χ1n) is 11.5. The van der Waals surface area contributed by atoms with E-state index >= 15 is 0 Å². The Labute approximate surface area is 161 Å². The number of carbonyl (C=O) groups is 1. The minimum absolute atomic E-state index is 0.215. The highest BCUT2D eigenvalue weighted by Gasteiger charge is 2.34. The van der Waals surface area contributed by atoms with Crippen molar-refractivity contribution in [1.82, 2.24) is 9.80 Å². The van der Waals surface area contributed by atoms with Crippen LogP contribution >= 0.6 is 0 Å². The summed E-state index contributed by atoms with van der Waals surface area (Å²) in [5.74, 6) is 2.89. The molecule has 3 nitrogen and oxygen atoms in total. The molecule has 26 heavy (non-hydrogen) atoms. The molecule has 2 aliphatic heterocycles. The van der Waals surface area contributed by atoms with Gasteiger partial charge in [-0.3, -0.25) is 4.79 Å². The average molecular weight is 363 g/mol. The van der Waals surface area contributed by atoms with E-state index in [4.69, 9.17) is 0 Å². The molecule has 0 radical (unpaired) electrons. The number of piperidine rings is 2. The maximum absolute atomic E-state index is 12.2. The predicted molar refractivity (Wildman–Crippen MR) is 109 cm³/mol. The van der Waals surface area contributed by atoms with Gasteiger partial charge in [0.2, 0.25) is 0 Å². The molecule has 3 rings (SSSR count). The summed E-state index contributed by atoms with van der Waals surface area (Å²) in [5, 5.41) is 0. The maximum Gasteiger partial charge on any atom is 0.138 e. The minimum Gasteiger partial charge on any atom is -0.300 e. The molecule has 0 unspecified atom stereocenters. The van der Waals surface area contributed by atoms with Gasteiger partial charge in [0, 0.05) is 23.9 Å². The lowest BCUT2D eigenvalue weighted by atomic mass is 9.79. The van der Waals surface area contributed by atoms with E-state index in [-0.39, 0.29) is 5.92 Å². The highest BCUT2D eigenvalue weighted by molar-refractivity contribution is 5.82. The second kappa shape index (κ2) is 9.19. The Kier molecular flexibility index (Phi) is 7.18. The third-order valence-corrected chi connectivity index (χ3v) is 7.72. The normalized spacial score (nSPS) is 31.0. The molecule has 0 spiro atoms. The Balaban J connectivity index is 1.39. The first-order chi connectivity index (χ1) is 12.5. The Hall–Kier alpha value is -0.410. The molecule has 1 saturated carbocycles. The smallest absolute Gasteiger partial charge is 0.138 e. The largest absolute Gasteiger partial charge is 0.300 e. The second-order valence-electron chi connectivity index (χ2n) is 9.95. The van der Waals surface area contributed by atoms with Crippen molar-refractivity contribution < 1.29 is 4.79 Å². The maximum atomic E-state index is 12.2. The van der Waals surface area contributed by atoms with Crippen molar-refractivity contribution >= 4 is 5.78 Å². The van der Waals surface area contributed by atoms with Crippen LogP contribution in [-0.2, 0) is 4.79 Å². The van der Waals surface area contributed by atoms with Crippen LogP contribution in [0.15, 0.2) is 0 Å². The lowest BCUT2D eigenvalue weighted by Gasteiger charge is -2.45. The van der Waals surface area contributed by atoms with Crippen molar-refractivity contribution in [3.05, 3.63) is 0 Å². The molecule has 0 bridgehead atoms. The number of carbonyl (C=O) groups excluding carboxylic acids is 1. The summed E-state index contributed by atoms with van der Waals surface area (Å²) in [6.07, 6.45) is 10.3. The van der Waals surface area contributed by atoms with Gasteiger partial charge in [-0.2, -0.15) is 0 Å². The van der Waals surface area contributed by atoms with Crippen LogP contribution in [0.25, 0.3) is 0 Å². The van der Waals surface area contributed by atoms with Gasteiger partial charge in [0.25, 0.3) is 0 Å². The van der Waals surface area contributed by atoms with Crippen LogP contribution in [-0.4, -0.2) is 53.8 Å². The summed E-state index contributed by atoms with van der Waals surface area (Å²) in [5.41, 5.74) is 0. The summed E-state index contributed by atoms with van der Waals surface area (Å²) in [7, 11) is 0. The number of nitrogens with zero attached hydrogens (tertiary/aromatic N) is 2. The number of likely N-dealkylation sites (tertiary alicyclic amines) is 2. The monoisotopic (exact) mass is 362 g/mol. The lowest BCUT2D eigenvalue weighted by Crippen LogP contribution is -2.51. The topological polar surface area (TPSA) is 23.6 Å². The fraction of sp³-hybridized carbons (Fsp3) is 0.957. The quantitative estimate of drug-likeness (QED) is 0.714. The van der Waals surface area contributed by atoms with Crippen molar-refractivity contribution in [2.24, 2.45) is 23.7 Å². The summed E-state index contributed by atoms with van der Waals surface area (Å²) >= 11 is 0. The zero-order valence-corrected chi connectivity index (χ0v) is 17.8. The summed E-state index contributed by atoms with van der Waals surface area (Å²) < 4.78 is 0. The highest BCUT2D eigenvalue weighted by Crippen LogP contribution is 2.33. The van der Waals surface area contributed by atoms with Gasteiger partial charge >= 0.3 is 0 Å². The first kappa shape index (κ1) is 20.3. The SMILES string of the molecule is CC(C)C(=O)[C@H]1CC[C@@H](N2CCC(N3CCC(C(C)C)CC3)CC2)CC1. The zero-order chi connectivity index (χ0) is 18.7. The molecule has 0 aromatic carbocycles. The fourth-order valence-electron chi connectivity index (χ4n) is 5.76. The Morgan fingerprint density at radius 3 is 1.62 bits per heavy atom. The van der Waals surface area contributed by atoms with Crippen molar-refractivity contribution in [2.75, 3.05) is 26.2 Å². The summed E-state index contributed by atoms with van der Waals surface area (Å²) in [6, 6.07) is 1.58. The predicted octanol–water partition coefficient (Wildman–Crippen LogP) is 4.60. The number of hydrogen-bond acceptors (Lipinski definition) is 3. The zero-order valence-electron chi connectivity index (χ0n) is 17.8. The van der Waals surface area contributed by atoms with Gasteiger partial charge in [0.15, 0.2) is 0 Å². The van der Waals surface area contributed by atoms with Gasteiger partial charge in [-0.05, 0) is 89.4 Å². The van der Waals surface area contributed by atoms with Gasteiger partial charge in [-0.25, -0.2) is 0 Å². The molecule has 0 atom stereocenters. The average Bonchev–Trinajstić information content (AvgIpc) is 2.67. The van der Waals surface area contributed by atoms with E-state index in [0.29, 0.717) is 11.7 Å². The molecule has 3 fully saturated rings. The van der Waals surface area contributed by atoms with Crippen LogP contribution < -0.4 is 0 Å². The third kappa shape index (κ3) is 4.90. The molecule has 0 amide bonds. The Bertz CT molecular complexity index is 437. The molecule has 2 heterocycles. The molecule has 1 aliphatic carbocycles. The fourth-order valence-corrected chi connectivity index (χ4v) is 5.76. The molecule has 3 aliphatic rings. The standard InChI is InChI=1S/C23H42N2O/c1-17(2)19-9-13-24(14-10-19)22-11-15-25(16-12-22)21-7-5-20(6-8-21)23(26)18(3)4/h17-22H,5-16H2,1-4H3/t20-,21+. The first-order valence-corrected chi connectivity index (χ1v) is 11.5. The van der Waals surface area contributed by atoms with Gasteiger partial charge in [0.1, 0.15) is 5.78 Å². The van der Waals surface area contributed by atoms with Crippen LogP contribution in [0.3, 0.4) is 0 Å². The number of hydrogen-bond donors (Lipinski definition) is 0. The van der Waals surface area contributed by atoms with Gasteiger partial charge in [-0.1, -0.05) is 27.7 Å². The van der Waals surface area contributed by atoms with Crippen molar-refractivity contribution in [3.63, 3.8) is 0 Å². The molecule has 2 saturated heterocycles. The van der Waals surface area contributed by atoms with E-state index in [0.717, 1.165) is 36.8 Å². The summed E-state index contributed by atoms with van der Waals surface area (Å²) in [6.45, 7) is 14.1. The third-order valence-electron chi connectivity index (χ3n) is 7.72. The van der Waals surface area contributed by atoms with E-state index in [1.54, 1.807) is 0 Å². The minimum atomic E-state index is 0.215. The number of ketones is 1. The van der Waals surface area contributed by atoms with E-state index in [1.165, 1.54) is 64.7 Å². The molecular formula is C23H42N2O. The van der Waals surface area contributed by atoms with Crippen molar-refractivity contribution in [3.8, 4) is 0 Å². The van der Waals surface area contributed by atoms with Crippen LogP contribution in [0.2, 0.25) is 0 Å². The van der Waals surface area contributed by atoms with Crippen LogP contribution in [0.5, 0.6) is 0 Å². The van der Waals surface area contributed by atoms with Crippen LogP contribution in [0.1, 0.15) is 79.1 Å². The lowest BCUT2D eigenvalue weighted by molar-refractivity contribution is -0.127. The van der Waals surface area contributed by atoms with Gasteiger partial charge in [0.05, 0.1) is 0 Å². The highest BCUT2D eigenvalue weighted by atomic mass is 16.1. The van der Waals surface area contributed by atoms with E-state index in [2.05, 4.69) is 37.5 Å². The van der Waals surface area contributed by atoms with Gasteiger partial charge < -0.3 is 9.80 Å². The molecule has 0 aromatic rings. The number of Topliss-reactive ketones (excluding diaryl/α,β-unsaturated/α-hetero) is 1. The Morgan fingerprint density at radius 1 is 0.692 bits per heavy atom. The number of rotatable bonds is 5. The molecule has 0 aromatic heterocycles. The van der Waals surface area contributed by atoms with Crippen molar-refractivity contribution in [1.29, 1.82) is 0 Å². The Morgan fingerprint density at radius 2 is 1.15 bits per heavy atom. The summed E-state index contributed by atoms with van der Waals surface area (Å²) in [4.78, 5) is 17.8. The molecular weight excluding hydrogens is 320 g/mol. The van der Waals surface area contributed by atoms with Gasteiger partial charge in [-0.15, -0.1) is 0 Å².